The Labute approximate surface area is 139 Å². The Morgan fingerprint density at radius 1 is 1.42 bits per heavy atom. The molecular weight excluding hydrogens is 309 g/mol. The van der Waals surface area contributed by atoms with E-state index in [1.165, 1.54) is 16.8 Å². The molecule has 24 heavy (non-hydrogen) atoms. The molecular formula is C17H20FN5O. The van der Waals surface area contributed by atoms with Gasteiger partial charge in [0.2, 0.25) is 0 Å². The summed E-state index contributed by atoms with van der Waals surface area (Å²) in [6.45, 7) is 3.93. The van der Waals surface area contributed by atoms with Gasteiger partial charge in [0.05, 0.1) is 11.6 Å². The third-order valence-electron chi connectivity index (χ3n) is 4.91. The van der Waals surface area contributed by atoms with Crippen molar-refractivity contribution in [2.45, 2.75) is 32.2 Å². The summed E-state index contributed by atoms with van der Waals surface area (Å²) in [5.41, 5.74) is 10.1. The number of nitrogen functional groups attached to an aromatic ring is 1. The van der Waals surface area contributed by atoms with E-state index in [2.05, 4.69) is 15.7 Å². The molecule has 0 radical (unpaired) electrons. The minimum Gasteiger partial charge on any atom is -0.385 e. The molecule has 0 bridgehead atoms. The summed E-state index contributed by atoms with van der Waals surface area (Å²) in [6.07, 6.45) is 1.38. The second-order valence-corrected chi connectivity index (χ2v) is 6.44. The van der Waals surface area contributed by atoms with Gasteiger partial charge >= 0.3 is 0 Å². The van der Waals surface area contributed by atoms with Crippen molar-refractivity contribution < 1.29 is 9.18 Å². The third kappa shape index (κ3) is 2.27. The molecule has 126 valence electrons. The van der Waals surface area contributed by atoms with E-state index in [1.807, 2.05) is 6.92 Å². The summed E-state index contributed by atoms with van der Waals surface area (Å²) < 4.78 is 15.3. The Kier molecular flexibility index (Phi) is 3.53. The number of nitrogens with one attached hydrogen (secondary N) is 2. The fourth-order valence-electron chi connectivity index (χ4n) is 3.75. The summed E-state index contributed by atoms with van der Waals surface area (Å²) in [5.74, 6) is -0.457. The molecule has 6 nitrogen and oxygen atoms in total. The standard InChI is InChI=1S/C17H20FN5O/c1-9-6-10(18)7-13-11(3-5-21-15(9)13)17(24)23-14-8-20-4-2-12(14)16(19)22-23/h6-7,11,20-21H,2-5,8H2,1H3,(H2,19,22). The lowest BCUT2D eigenvalue weighted by molar-refractivity contribution is 0.0852. The number of halogens is 1. The van der Waals surface area contributed by atoms with E-state index in [0.29, 0.717) is 30.9 Å². The smallest absolute Gasteiger partial charge is 0.254 e. The van der Waals surface area contributed by atoms with Crippen LogP contribution in [0.25, 0.3) is 0 Å². The van der Waals surface area contributed by atoms with Gasteiger partial charge < -0.3 is 16.4 Å². The molecule has 0 saturated carbocycles. The minimum atomic E-state index is -0.416. The number of hydrogen-bond donors (Lipinski definition) is 3. The van der Waals surface area contributed by atoms with Crippen LogP contribution in [-0.4, -0.2) is 28.8 Å². The Morgan fingerprint density at radius 3 is 3.08 bits per heavy atom. The molecule has 2 aromatic rings. The number of nitrogens with two attached hydrogens (primary N) is 1. The molecule has 1 aromatic carbocycles. The first-order chi connectivity index (χ1) is 11.6. The van der Waals surface area contributed by atoms with Crippen LogP contribution in [0.3, 0.4) is 0 Å². The molecule has 2 aliphatic heterocycles. The van der Waals surface area contributed by atoms with Gasteiger partial charge in [0.1, 0.15) is 11.6 Å². The van der Waals surface area contributed by atoms with Crippen LogP contribution >= 0.6 is 0 Å². The third-order valence-corrected chi connectivity index (χ3v) is 4.91. The van der Waals surface area contributed by atoms with Crippen LogP contribution in [-0.2, 0) is 13.0 Å². The van der Waals surface area contributed by atoms with Crippen LogP contribution < -0.4 is 16.4 Å². The molecule has 4 N–H and O–H groups in total. The first-order valence-electron chi connectivity index (χ1n) is 8.21. The number of fused-ring (bicyclic) bond motifs is 2. The second kappa shape index (κ2) is 5.59. The zero-order valence-electron chi connectivity index (χ0n) is 13.5. The Balaban J connectivity index is 1.78. The van der Waals surface area contributed by atoms with E-state index >= 15 is 0 Å². The molecule has 0 spiro atoms. The highest BCUT2D eigenvalue weighted by molar-refractivity contribution is 5.89. The lowest BCUT2D eigenvalue weighted by Crippen LogP contribution is -2.32. The Bertz CT molecular complexity index is 829. The van der Waals surface area contributed by atoms with E-state index in [9.17, 15) is 9.18 Å². The zero-order chi connectivity index (χ0) is 16.8. The topological polar surface area (TPSA) is 85.0 Å². The number of hydrogen-bond acceptors (Lipinski definition) is 5. The van der Waals surface area contributed by atoms with Crippen molar-refractivity contribution in [1.29, 1.82) is 0 Å². The summed E-state index contributed by atoms with van der Waals surface area (Å²) in [4.78, 5) is 13.1. The quantitative estimate of drug-likeness (QED) is 0.743. The van der Waals surface area contributed by atoms with Crippen LogP contribution in [0.1, 0.15) is 39.5 Å². The number of rotatable bonds is 1. The molecule has 0 aliphatic carbocycles. The molecule has 1 aromatic heterocycles. The van der Waals surface area contributed by atoms with Crippen molar-refractivity contribution in [2.75, 3.05) is 24.1 Å². The Hall–Kier alpha value is -2.41. The molecule has 0 fully saturated rings. The van der Waals surface area contributed by atoms with Gasteiger partial charge in [0.25, 0.3) is 5.91 Å². The van der Waals surface area contributed by atoms with Gasteiger partial charge in [-0.15, -0.1) is 5.10 Å². The fraction of sp³-hybridized carbons (Fsp3) is 0.412. The van der Waals surface area contributed by atoms with Crippen LogP contribution in [0.2, 0.25) is 0 Å². The molecule has 0 amide bonds. The maximum atomic E-state index is 13.9. The van der Waals surface area contributed by atoms with Crippen LogP contribution in [0.4, 0.5) is 15.9 Å². The summed E-state index contributed by atoms with van der Waals surface area (Å²) in [5, 5.41) is 10.8. The van der Waals surface area contributed by atoms with Crippen LogP contribution in [0.5, 0.6) is 0 Å². The molecule has 4 rings (SSSR count). The molecule has 1 unspecified atom stereocenters. The summed E-state index contributed by atoms with van der Waals surface area (Å²) >= 11 is 0. The van der Waals surface area contributed by atoms with Crippen molar-refractivity contribution >= 4 is 17.4 Å². The average molecular weight is 329 g/mol. The van der Waals surface area contributed by atoms with E-state index in [1.54, 1.807) is 0 Å². The number of carbonyl (C=O) groups excluding carboxylic acids is 1. The normalized spacial score (nSPS) is 19.3. The van der Waals surface area contributed by atoms with Crippen molar-refractivity contribution in [3.05, 3.63) is 40.3 Å². The van der Waals surface area contributed by atoms with Crippen molar-refractivity contribution in [3.8, 4) is 0 Å². The number of nitrogens with zero attached hydrogens (tertiary/aromatic N) is 2. The van der Waals surface area contributed by atoms with Gasteiger partial charge in [-0.3, -0.25) is 4.79 Å². The second-order valence-electron chi connectivity index (χ2n) is 6.44. The maximum absolute atomic E-state index is 13.9. The van der Waals surface area contributed by atoms with Gasteiger partial charge in [0, 0.05) is 24.3 Å². The molecule has 7 heteroatoms. The van der Waals surface area contributed by atoms with Crippen molar-refractivity contribution in [3.63, 3.8) is 0 Å². The largest absolute Gasteiger partial charge is 0.385 e. The van der Waals surface area contributed by atoms with Crippen LogP contribution in [0, 0.1) is 12.7 Å². The highest BCUT2D eigenvalue weighted by atomic mass is 19.1. The van der Waals surface area contributed by atoms with Gasteiger partial charge in [0.15, 0.2) is 0 Å². The fourth-order valence-corrected chi connectivity index (χ4v) is 3.75. The van der Waals surface area contributed by atoms with Crippen LogP contribution in [0.15, 0.2) is 12.1 Å². The van der Waals surface area contributed by atoms with Gasteiger partial charge in [-0.2, -0.15) is 0 Å². The lowest BCUT2D eigenvalue weighted by atomic mass is 9.88. The number of aromatic nitrogens is 2. The maximum Gasteiger partial charge on any atom is 0.254 e. The highest BCUT2D eigenvalue weighted by Crippen LogP contribution is 2.36. The van der Waals surface area contributed by atoms with Crippen molar-refractivity contribution in [2.24, 2.45) is 0 Å². The van der Waals surface area contributed by atoms with Gasteiger partial charge in [-0.1, -0.05) is 0 Å². The zero-order valence-corrected chi connectivity index (χ0v) is 13.5. The van der Waals surface area contributed by atoms with E-state index < -0.39 is 5.92 Å². The SMILES string of the molecule is Cc1cc(F)cc2c1NCCC2C(=O)n1nc(N)c2c1CNCC2. The van der Waals surface area contributed by atoms with Gasteiger partial charge in [-0.25, -0.2) is 9.07 Å². The van der Waals surface area contributed by atoms with E-state index in [-0.39, 0.29) is 11.7 Å². The monoisotopic (exact) mass is 329 g/mol. The van der Waals surface area contributed by atoms with E-state index in [4.69, 9.17) is 5.73 Å². The molecule has 2 aliphatic rings. The highest BCUT2D eigenvalue weighted by Gasteiger charge is 2.32. The predicted molar refractivity (Wildman–Crippen MR) is 89.7 cm³/mol. The number of aryl methyl sites for hydroxylation is 1. The first-order valence-corrected chi connectivity index (χ1v) is 8.21. The summed E-state index contributed by atoms with van der Waals surface area (Å²) in [7, 11) is 0. The van der Waals surface area contributed by atoms with E-state index in [0.717, 1.165) is 35.5 Å². The van der Waals surface area contributed by atoms with Gasteiger partial charge in [-0.05, 0) is 49.6 Å². The minimum absolute atomic E-state index is 0.139. The van der Waals surface area contributed by atoms with Crippen molar-refractivity contribution in [1.82, 2.24) is 15.1 Å². The lowest BCUT2D eigenvalue weighted by Gasteiger charge is -2.27. The average Bonchev–Trinajstić information content (AvgIpc) is 2.91. The first kappa shape index (κ1) is 15.1. The molecule has 1 atom stereocenters. The summed E-state index contributed by atoms with van der Waals surface area (Å²) in [6, 6.07) is 2.94. The number of carbonyl (C=O) groups is 1. The Morgan fingerprint density at radius 2 is 2.25 bits per heavy atom. The number of anilines is 2. The predicted octanol–water partition coefficient (Wildman–Crippen LogP) is 1.80. The number of benzene rings is 1. The molecule has 0 saturated heterocycles. The molecule has 3 heterocycles.